The van der Waals surface area contributed by atoms with Crippen LogP contribution in [0, 0.1) is 0 Å². The molecule has 2 rings (SSSR count). The van der Waals surface area contributed by atoms with Gasteiger partial charge in [0.1, 0.15) is 5.75 Å². The molecule has 0 radical (unpaired) electrons. The average Bonchev–Trinajstić information content (AvgIpc) is 2.48. The highest BCUT2D eigenvalue weighted by atomic mass is 35.5. The Hall–Kier alpha value is -1.51. The van der Waals surface area contributed by atoms with E-state index in [1.54, 1.807) is 0 Å². The molecule has 0 aromatic heterocycles. The molecule has 0 heterocycles. The van der Waals surface area contributed by atoms with Gasteiger partial charge in [0.25, 0.3) is 0 Å². The number of nitrogens with one attached hydrogen (secondary N) is 1. The third kappa shape index (κ3) is 3.99. The van der Waals surface area contributed by atoms with Gasteiger partial charge < -0.3 is 10.1 Å². The molecular weight excluding hydrogens is 282 g/mol. The van der Waals surface area contributed by atoms with Crippen molar-refractivity contribution in [3.05, 3.63) is 53.1 Å². The van der Waals surface area contributed by atoms with Gasteiger partial charge in [0.05, 0.1) is 6.61 Å². The SMILES string of the molecule is CCNC(C)c1ccc(-c2cccc(OCC)c2)cc1Cl. The van der Waals surface area contributed by atoms with Gasteiger partial charge in [-0.1, -0.05) is 42.8 Å². The first-order valence-electron chi connectivity index (χ1n) is 7.41. The summed E-state index contributed by atoms with van der Waals surface area (Å²) in [4.78, 5) is 0. The Morgan fingerprint density at radius 1 is 1.10 bits per heavy atom. The molecule has 2 aromatic carbocycles. The molecule has 1 atom stereocenters. The molecule has 0 fully saturated rings. The second-order valence-electron chi connectivity index (χ2n) is 4.98. The minimum Gasteiger partial charge on any atom is -0.494 e. The lowest BCUT2D eigenvalue weighted by Gasteiger charge is -2.15. The largest absolute Gasteiger partial charge is 0.494 e. The van der Waals surface area contributed by atoms with Gasteiger partial charge in [0, 0.05) is 11.1 Å². The van der Waals surface area contributed by atoms with Crippen LogP contribution in [0.3, 0.4) is 0 Å². The number of halogens is 1. The normalized spacial score (nSPS) is 12.2. The minimum atomic E-state index is 0.256. The molecule has 0 spiro atoms. The highest BCUT2D eigenvalue weighted by molar-refractivity contribution is 6.31. The van der Waals surface area contributed by atoms with Gasteiger partial charge in [-0.2, -0.15) is 0 Å². The zero-order valence-corrected chi connectivity index (χ0v) is 13.6. The maximum Gasteiger partial charge on any atom is 0.119 e. The third-order valence-electron chi connectivity index (χ3n) is 3.46. The van der Waals surface area contributed by atoms with E-state index in [0.29, 0.717) is 6.61 Å². The number of hydrogen-bond acceptors (Lipinski definition) is 2. The monoisotopic (exact) mass is 303 g/mol. The molecule has 2 aromatic rings. The molecule has 0 aliphatic carbocycles. The number of rotatable bonds is 6. The van der Waals surface area contributed by atoms with E-state index >= 15 is 0 Å². The van der Waals surface area contributed by atoms with E-state index < -0.39 is 0 Å². The van der Waals surface area contributed by atoms with E-state index in [1.165, 1.54) is 0 Å². The Labute approximate surface area is 132 Å². The first-order chi connectivity index (χ1) is 10.2. The second kappa shape index (κ2) is 7.48. The molecule has 0 amide bonds. The Balaban J connectivity index is 2.29. The van der Waals surface area contributed by atoms with E-state index in [9.17, 15) is 0 Å². The molecule has 112 valence electrons. The third-order valence-corrected chi connectivity index (χ3v) is 3.78. The molecule has 0 aliphatic rings. The molecule has 0 saturated carbocycles. The van der Waals surface area contributed by atoms with Crippen LogP contribution >= 0.6 is 11.6 Å². The van der Waals surface area contributed by atoms with Crippen LogP contribution in [0.4, 0.5) is 0 Å². The van der Waals surface area contributed by atoms with Crippen molar-refractivity contribution in [2.45, 2.75) is 26.8 Å². The van der Waals surface area contributed by atoms with Crippen molar-refractivity contribution in [3.63, 3.8) is 0 Å². The summed E-state index contributed by atoms with van der Waals surface area (Å²) in [5, 5.41) is 4.18. The van der Waals surface area contributed by atoms with Crippen molar-refractivity contribution >= 4 is 11.6 Å². The van der Waals surface area contributed by atoms with Gasteiger partial charge in [0.15, 0.2) is 0 Å². The van der Waals surface area contributed by atoms with Gasteiger partial charge in [-0.25, -0.2) is 0 Å². The van der Waals surface area contributed by atoms with E-state index in [2.05, 4.69) is 37.4 Å². The molecule has 2 nitrogen and oxygen atoms in total. The summed E-state index contributed by atoms with van der Waals surface area (Å²) in [6, 6.07) is 14.6. The van der Waals surface area contributed by atoms with Crippen LogP contribution in [0.1, 0.15) is 32.4 Å². The van der Waals surface area contributed by atoms with Gasteiger partial charge in [-0.05, 0) is 55.3 Å². The molecule has 0 saturated heterocycles. The first kappa shape index (κ1) is 15.9. The van der Waals surface area contributed by atoms with Crippen LogP contribution in [0.5, 0.6) is 5.75 Å². The highest BCUT2D eigenvalue weighted by Crippen LogP contribution is 2.30. The Bertz CT molecular complexity index is 598. The van der Waals surface area contributed by atoms with Gasteiger partial charge >= 0.3 is 0 Å². The summed E-state index contributed by atoms with van der Waals surface area (Å²) in [6.07, 6.45) is 0. The summed E-state index contributed by atoms with van der Waals surface area (Å²) in [6.45, 7) is 7.80. The van der Waals surface area contributed by atoms with E-state index in [0.717, 1.165) is 34.0 Å². The van der Waals surface area contributed by atoms with Crippen molar-refractivity contribution in [3.8, 4) is 16.9 Å². The molecule has 0 aliphatic heterocycles. The lowest BCUT2D eigenvalue weighted by atomic mass is 10.0. The highest BCUT2D eigenvalue weighted by Gasteiger charge is 2.10. The second-order valence-corrected chi connectivity index (χ2v) is 5.38. The van der Waals surface area contributed by atoms with Crippen LogP contribution in [-0.4, -0.2) is 13.2 Å². The van der Waals surface area contributed by atoms with Crippen LogP contribution < -0.4 is 10.1 Å². The maximum atomic E-state index is 6.44. The van der Waals surface area contributed by atoms with Gasteiger partial charge in [0.2, 0.25) is 0 Å². The topological polar surface area (TPSA) is 21.3 Å². The van der Waals surface area contributed by atoms with Crippen LogP contribution in [0.25, 0.3) is 11.1 Å². The summed E-state index contributed by atoms with van der Waals surface area (Å²) in [5.74, 6) is 0.885. The lowest BCUT2D eigenvalue weighted by molar-refractivity contribution is 0.340. The number of benzene rings is 2. The zero-order valence-electron chi connectivity index (χ0n) is 12.8. The van der Waals surface area contributed by atoms with Crippen molar-refractivity contribution < 1.29 is 4.74 Å². The summed E-state index contributed by atoms with van der Waals surface area (Å²) in [5.41, 5.74) is 3.35. The number of hydrogen-bond donors (Lipinski definition) is 1. The van der Waals surface area contributed by atoms with Crippen molar-refractivity contribution in [1.29, 1.82) is 0 Å². The molecule has 3 heteroatoms. The zero-order chi connectivity index (χ0) is 15.2. The van der Waals surface area contributed by atoms with E-state index in [1.807, 2.05) is 31.2 Å². The Morgan fingerprint density at radius 3 is 2.52 bits per heavy atom. The fourth-order valence-corrected chi connectivity index (χ4v) is 2.75. The van der Waals surface area contributed by atoms with E-state index in [-0.39, 0.29) is 6.04 Å². The Kier molecular flexibility index (Phi) is 5.66. The van der Waals surface area contributed by atoms with Crippen LogP contribution in [0.15, 0.2) is 42.5 Å². The summed E-state index contributed by atoms with van der Waals surface area (Å²) >= 11 is 6.44. The first-order valence-corrected chi connectivity index (χ1v) is 7.79. The Morgan fingerprint density at radius 2 is 1.86 bits per heavy atom. The van der Waals surface area contributed by atoms with Crippen molar-refractivity contribution in [1.82, 2.24) is 5.32 Å². The van der Waals surface area contributed by atoms with E-state index in [4.69, 9.17) is 16.3 Å². The predicted octanol–water partition coefficient (Wildman–Crippen LogP) is 5.08. The van der Waals surface area contributed by atoms with Crippen LogP contribution in [0.2, 0.25) is 5.02 Å². The molecule has 1 unspecified atom stereocenters. The van der Waals surface area contributed by atoms with Gasteiger partial charge in [-0.15, -0.1) is 0 Å². The summed E-state index contributed by atoms with van der Waals surface area (Å²) < 4.78 is 5.55. The van der Waals surface area contributed by atoms with Crippen LogP contribution in [-0.2, 0) is 0 Å². The van der Waals surface area contributed by atoms with Gasteiger partial charge in [-0.3, -0.25) is 0 Å². The van der Waals surface area contributed by atoms with Crippen molar-refractivity contribution in [2.24, 2.45) is 0 Å². The fourth-order valence-electron chi connectivity index (χ4n) is 2.41. The summed E-state index contributed by atoms with van der Waals surface area (Å²) in [7, 11) is 0. The standard InChI is InChI=1S/C18H22ClNO/c1-4-20-13(3)17-10-9-15(12-18(17)19)14-7-6-8-16(11-14)21-5-2/h6-13,20H,4-5H2,1-3H3. The molecule has 0 bridgehead atoms. The predicted molar refractivity (Wildman–Crippen MR) is 90.1 cm³/mol. The fraction of sp³-hybridized carbons (Fsp3) is 0.333. The smallest absolute Gasteiger partial charge is 0.119 e. The van der Waals surface area contributed by atoms with Crippen molar-refractivity contribution in [2.75, 3.05) is 13.2 Å². The molecule has 21 heavy (non-hydrogen) atoms. The average molecular weight is 304 g/mol. The quantitative estimate of drug-likeness (QED) is 0.804. The maximum absolute atomic E-state index is 6.44. The lowest BCUT2D eigenvalue weighted by Crippen LogP contribution is -2.17. The minimum absolute atomic E-state index is 0.256. The number of ether oxygens (including phenoxy) is 1. The molecule has 1 N–H and O–H groups in total. The molecular formula is C18H22ClNO.